The molecule has 19 heavy (non-hydrogen) atoms. The Kier molecular flexibility index (Phi) is 4.35. The Morgan fingerprint density at radius 3 is 2.89 bits per heavy atom. The van der Waals surface area contributed by atoms with Crippen molar-refractivity contribution < 1.29 is 4.74 Å². The summed E-state index contributed by atoms with van der Waals surface area (Å²) in [6, 6.07) is 6.53. The summed E-state index contributed by atoms with van der Waals surface area (Å²) in [5.74, 6) is 1.06. The summed E-state index contributed by atoms with van der Waals surface area (Å²) in [4.78, 5) is 2.31. The molecule has 2 N–H and O–H groups in total. The zero-order valence-electron chi connectivity index (χ0n) is 12.4. The number of nitrogens with zero attached hydrogens (tertiary/aromatic N) is 1. The summed E-state index contributed by atoms with van der Waals surface area (Å²) in [7, 11) is 2.15. The van der Waals surface area contributed by atoms with E-state index in [0.717, 1.165) is 44.7 Å². The molecule has 1 aliphatic heterocycles. The second kappa shape index (κ2) is 5.83. The zero-order valence-corrected chi connectivity index (χ0v) is 12.4. The van der Waals surface area contributed by atoms with Crippen molar-refractivity contribution in [3.05, 3.63) is 23.8 Å². The van der Waals surface area contributed by atoms with Crippen molar-refractivity contribution >= 4 is 5.69 Å². The normalized spacial score (nSPS) is 14.7. The van der Waals surface area contributed by atoms with E-state index in [1.807, 2.05) is 0 Å². The molecule has 0 aliphatic carbocycles. The summed E-state index contributed by atoms with van der Waals surface area (Å²) in [5.41, 5.74) is 8.62. The molecule has 0 bridgehead atoms. The third-order valence-electron chi connectivity index (χ3n) is 4.01. The molecule has 0 amide bonds. The third-order valence-corrected chi connectivity index (χ3v) is 4.01. The fourth-order valence-corrected chi connectivity index (χ4v) is 2.29. The van der Waals surface area contributed by atoms with Crippen molar-refractivity contribution in [3.8, 4) is 5.75 Å². The molecule has 1 aromatic carbocycles. The number of rotatable bonds is 5. The summed E-state index contributed by atoms with van der Waals surface area (Å²) >= 11 is 0. The van der Waals surface area contributed by atoms with E-state index in [1.165, 1.54) is 11.3 Å². The smallest absolute Gasteiger partial charge is 0.122 e. The Morgan fingerprint density at radius 1 is 1.37 bits per heavy atom. The van der Waals surface area contributed by atoms with Gasteiger partial charge in [0.2, 0.25) is 0 Å². The summed E-state index contributed by atoms with van der Waals surface area (Å²) < 4.78 is 5.65. The highest BCUT2D eigenvalue weighted by Crippen LogP contribution is 2.29. The van der Waals surface area contributed by atoms with Crippen LogP contribution in [-0.2, 0) is 6.42 Å². The first-order valence-electron chi connectivity index (χ1n) is 7.19. The van der Waals surface area contributed by atoms with Crippen molar-refractivity contribution in [3.63, 3.8) is 0 Å². The largest absolute Gasteiger partial charge is 0.493 e. The lowest BCUT2D eigenvalue weighted by Gasteiger charge is -2.28. The minimum absolute atomic E-state index is 0.214. The van der Waals surface area contributed by atoms with Gasteiger partial charge < -0.3 is 15.4 Å². The van der Waals surface area contributed by atoms with Crippen LogP contribution in [0, 0.1) is 5.41 Å². The van der Waals surface area contributed by atoms with E-state index in [2.05, 4.69) is 44.0 Å². The standard InChI is InChI=1S/C16H26N2O/c1-16(2,12-17)8-9-18(3)14-6-7-15-13(11-14)5-4-10-19-15/h6-7,11H,4-5,8-10,12,17H2,1-3H3. The molecule has 0 fully saturated rings. The highest BCUT2D eigenvalue weighted by molar-refractivity contribution is 5.53. The fraction of sp³-hybridized carbons (Fsp3) is 0.625. The Labute approximate surface area is 116 Å². The van der Waals surface area contributed by atoms with Crippen molar-refractivity contribution in [2.75, 3.05) is 31.6 Å². The van der Waals surface area contributed by atoms with Crippen LogP contribution in [0.15, 0.2) is 18.2 Å². The SMILES string of the molecule is CN(CCC(C)(C)CN)c1ccc2c(c1)CCCO2. The third kappa shape index (κ3) is 3.63. The maximum absolute atomic E-state index is 5.79. The van der Waals surface area contributed by atoms with Gasteiger partial charge in [-0.1, -0.05) is 13.8 Å². The van der Waals surface area contributed by atoms with Crippen molar-refractivity contribution in [1.82, 2.24) is 0 Å². The first-order valence-corrected chi connectivity index (χ1v) is 7.19. The van der Waals surface area contributed by atoms with Crippen LogP contribution >= 0.6 is 0 Å². The van der Waals surface area contributed by atoms with Gasteiger partial charge in [0.1, 0.15) is 5.75 Å². The summed E-state index contributed by atoms with van der Waals surface area (Å²) in [5, 5.41) is 0. The molecule has 0 radical (unpaired) electrons. The summed E-state index contributed by atoms with van der Waals surface area (Å²) in [6.07, 6.45) is 3.36. The lowest BCUT2D eigenvalue weighted by molar-refractivity contribution is 0.288. The van der Waals surface area contributed by atoms with Crippen LogP contribution in [0.25, 0.3) is 0 Å². The molecule has 0 spiro atoms. The lowest BCUT2D eigenvalue weighted by Crippen LogP contribution is -2.29. The topological polar surface area (TPSA) is 38.5 Å². The van der Waals surface area contributed by atoms with Gasteiger partial charge in [-0.15, -0.1) is 0 Å². The highest BCUT2D eigenvalue weighted by Gasteiger charge is 2.17. The maximum atomic E-state index is 5.79. The van der Waals surface area contributed by atoms with Crippen LogP contribution in [0.5, 0.6) is 5.75 Å². The molecule has 1 aromatic rings. The van der Waals surface area contributed by atoms with E-state index in [9.17, 15) is 0 Å². The van der Waals surface area contributed by atoms with E-state index in [-0.39, 0.29) is 5.41 Å². The molecule has 0 atom stereocenters. The van der Waals surface area contributed by atoms with Crippen LogP contribution in [0.2, 0.25) is 0 Å². The Morgan fingerprint density at radius 2 is 2.16 bits per heavy atom. The van der Waals surface area contributed by atoms with Crippen LogP contribution in [-0.4, -0.2) is 26.7 Å². The quantitative estimate of drug-likeness (QED) is 0.887. The first kappa shape index (κ1) is 14.2. The van der Waals surface area contributed by atoms with E-state index in [0.29, 0.717) is 0 Å². The van der Waals surface area contributed by atoms with Gasteiger partial charge in [0.05, 0.1) is 6.61 Å². The van der Waals surface area contributed by atoms with Crippen molar-refractivity contribution in [2.24, 2.45) is 11.1 Å². The lowest BCUT2D eigenvalue weighted by atomic mass is 9.89. The molecule has 1 aliphatic rings. The van der Waals surface area contributed by atoms with Gasteiger partial charge in [-0.3, -0.25) is 0 Å². The molecule has 3 heteroatoms. The van der Waals surface area contributed by atoms with Crippen LogP contribution in [0.1, 0.15) is 32.3 Å². The number of anilines is 1. The Bertz CT molecular complexity index is 429. The molecule has 0 saturated carbocycles. The number of fused-ring (bicyclic) bond motifs is 1. The van der Waals surface area contributed by atoms with Crippen molar-refractivity contribution in [2.45, 2.75) is 33.1 Å². The number of hydrogen-bond donors (Lipinski definition) is 1. The van der Waals surface area contributed by atoms with E-state index >= 15 is 0 Å². The average Bonchev–Trinajstić information content (AvgIpc) is 2.44. The van der Waals surface area contributed by atoms with Crippen LogP contribution in [0.4, 0.5) is 5.69 Å². The molecule has 106 valence electrons. The van der Waals surface area contributed by atoms with Gasteiger partial charge in [-0.2, -0.15) is 0 Å². The first-order chi connectivity index (χ1) is 9.02. The van der Waals surface area contributed by atoms with Gasteiger partial charge >= 0.3 is 0 Å². The molecule has 0 aromatic heterocycles. The molecule has 3 nitrogen and oxygen atoms in total. The van der Waals surface area contributed by atoms with Gasteiger partial charge in [0.15, 0.2) is 0 Å². The number of hydrogen-bond acceptors (Lipinski definition) is 3. The number of aryl methyl sites for hydroxylation is 1. The van der Waals surface area contributed by atoms with Crippen LogP contribution in [0.3, 0.4) is 0 Å². The Balaban J connectivity index is 2.01. The van der Waals surface area contributed by atoms with Gasteiger partial charge in [0, 0.05) is 19.3 Å². The maximum Gasteiger partial charge on any atom is 0.122 e. The van der Waals surface area contributed by atoms with E-state index < -0.39 is 0 Å². The minimum Gasteiger partial charge on any atom is -0.493 e. The zero-order chi connectivity index (χ0) is 13.9. The molecular formula is C16H26N2O. The van der Waals surface area contributed by atoms with Gasteiger partial charge in [-0.05, 0) is 55.0 Å². The average molecular weight is 262 g/mol. The number of nitrogens with two attached hydrogens (primary N) is 1. The van der Waals surface area contributed by atoms with Crippen molar-refractivity contribution in [1.29, 1.82) is 0 Å². The second-order valence-electron chi connectivity index (χ2n) is 6.28. The fourth-order valence-electron chi connectivity index (χ4n) is 2.29. The number of benzene rings is 1. The molecular weight excluding hydrogens is 236 g/mol. The monoisotopic (exact) mass is 262 g/mol. The Hall–Kier alpha value is -1.22. The van der Waals surface area contributed by atoms with Gasteiger partial charge in [-0.25, -0.2) is 0 Å². The molecule has 0 saturated heterocycles. The van der Waals surface area contributed by atoms with E-state index in [4.69, 9.17) is 10.5 Å². The molecule has 1 heterocycles. The van der Waals surface area contributed by atoms with E-state index in [1.54, 1.807) is 0 Å². The van der Waals surface area contributed by atoms with Crippen LogP contribution < -0.4 is 15.4 Å². The predicted octanol–water partition coefficient (Wildman–Crippen LogP) is 2.82. The predicted molar refractivity (Wildman–Crippen MR) is 81.0 cm³/mol. The summed E-state index contributed by atoms with van der Waals surface area (Å²) in [6.45, 7) is 7.07. The molecule has 0 unspecified atom stereocenters. The molecule has 2 rings (SSSR count). The minimum atomic E-state index is 0.214. The highest BCUT2D eigenvalue weighted by atomic mass is 16.5. The second-order valence-corrected chi connectivity index (χ2v) is 6.28. The number of ether oxygens (including phenoxy) is 1. The van der Waals surface area contributed by atoms with Gasteiger partial charge in [0.25, 0.3) is 0 Å².